The number of rotatable bonds is 5. The van der Waals surface area contributed by atoms with Gasteiger partial charge in [-0.15, -0.1) is 0 Å². The van der Waals surface area contributed by atoms with Crippen LogP contribution in [0.2, 0.25) is 0 Å². The van der Waals surface area contributed by atoms with Crippen molar-refractivity contribution in [3.63, 3.8) is 0 Å². The van der Waals surface area contributed by atoms with Crippen LogP contribution in [0.3, 0.4) is 0 Å². The van der Waals surface area contributed by atoms with Crippen LogP contribution in [-0.2, 0) is 0 Å². The van der Waals surface area contributed by atoms with Crippen LogP contribution in [0.5, 0.6) is 0 Å². The van der Waals surface area contributed by atoms with Gasteiger partial charge in [-0.2, -0.15) is 0 Å². The molecule has 1 N–H and O–H groups in total. The predicted molar refractivity (Wildman–Crippen MR) is 86.9 cm³/mol. The van der Waals surface area contributed by atoms with Gasteiger partial charge in [0.2, 0.25) is 0 Å². The van der Waals surface area contributed by atoms with Crippen molar-refractivity contribution in [1.29, 1.82) is 0 Å². The van der Waals surface area contributed by atoms with Crippen molar-refractivity contribution < 1.29 is 0 Å². The molecule has 19 heavy (non-hydrogen) atoms. The lowest BCUT2D eigenvalue weighted by Gasteiger charge is -2.15. The van der Waals surface area contributed by atoms with E-state index < -0.39 is 0 Å². The molecule has 0 aliphatic rings. The molecule has 0 saturated heterocycles. The normalized spacial score (nSPS) is 13.5. The largest absolute Gasteiger partial charge is 0.383 e. The summed E-state index contributed by atoms with van der Waals surface area (Å²) in [5.74, 6) is 0. The molecule has 0 aliphatic carbocycles. The Balaban J connectivity index is 2.71. The molecule has 1 aromatic carbocycles. The van der Waals surface area contributed by atoms with E-state index in [4.69, 9.17) is 0 Å². The van der Waals surface area contributed by atoms with Gasteiger partial charge in [0.1, 0.15) is 0 Å². The van der Waals surface area contributed by atoms with E-state index in [1.165, 1.54) is 5.56 Å². The van der Waals surface area contributed by atoms with Gasteiger partial charge >= 0.3 is 0 Å². The molecule has 0 bridgehead atoms. The minimum atomic E-state index is 0.223. The van der Waals surface area contributed by atoms with Gasteiger partial charge in [0, 0.05) is 11.7 Å². The summed E-state index contributed by atoms with van der Waals surface area (Å²) in [5, 5.41) is 3.41. The van der Waals surface area contributed by atoms with Crippen molar-refractivity contribution in [3.05, 3.63) is 48.0 Å². The van der Waals surface area contributed by atoms with E-state index in [1.807, 2.05) is 0 Å². The van der Waals surface area contributed by atoms with E-state index in [0.717, 1.165) is 17.7 Å². The van der Waals surface area contributed by atoms with E-state index in [0.29, 0.717) is 6.04 Å². The minimum Gasteiger partial charge on any atom is -0.383 e. The maximum atomic E-state index is 4.10. The molecule has 1 aromatic rings. The monoisotopic (exact) mass is 257 g/mol. The maximum absolute atomic E-state index is 4.10. The van der Waals surface area contributed by atoms with Crippen LogP contribution in [0.25, 0.3) is 11.8 Å². The average molecular weight is 257 g/mol. The highest BCUT2D eigenvalue weighted by molar-refractivity contribution is 5.64. The van der Waals surface area contributed by atoms with Gasteiger partial charge in [0.05, 0.1) is 0 Å². The quantitative estimate of drug-likeness (QED) is 0.773. The molecule has 0 aliphatic heterocycles. The zero-order valence-electron chi connectivity index (χ0n) is 13.0. The zero-order chi connectivity index (χ0) is 14.5. The molecule has 0 spiro atoms. The molecule has 0 saturated carbocycles. The van der Waals surface area contributed by atoms with Crippen molar-refractivity contribution in [1.82, 2.24) is 5.32 Å². The molecule has 1 heteroatoms. The van der Waals surface area contributed by atoms with Crippen LogP contribution in [-0.4, -0.2) is 6.04 Å². The Labute approximate surface area is 118 Å². The third-order valence-corrected chi connectivity index (χ3v) is 3.07. The van der Waals surface area contributed by atoms with E-state index >= 15 is 0 Å². The Kier molecular flexibility index (Phi) is 5.41. The predicted octanol–water partition coefficient (Wildman–Crippen LogP) is 5.10. The second kappa shape index (κ2) is 6.60. The molecule has 1 nitrogen and oxygen atoms in total. The summed E-state index contributed by atoms with van der Waals surface area (Å²) in [7, 11) is 0. The lowest BCUT2D eigenvalue weighted by Crippen LogP contribution is -2.22. The van der Waals surface area contributed by atoms with Gasteiger partial charge in [-0.3, -0.25) is 0 Å². The van der Waals surface area contributed by atoms with Gasteiger partial charge in [-0.25, -0.2) is 0 Å². The van der Waals surface area contributed by atoms with Gasteiger partial charge in [-0.1, -0.05) is 70.7 Å². The fourth-order valence-electron chi connectivity index (χ4n) is 1.62. The number of allylic oxidation sites excluding steroid dienone is 1. The van der Waals surface area contributed by atoms with E-state index in [1.54, 1.807) is 0 Å². The SMILES string of the molecule is C=C(NC(C)CC)c1ccc(/C=C/C(C)(C)C)cc1. The summed E-state index contributed by atoms with van der Waals surface area (Å²) in [4.78, 5) is 0. The average Bonchev–Trinajstić information content (AvgIpc) is 2.36. The zero-order valence-corrected chi connectivity index (χ0v) is 13.0. The maximum Gasteiger partial charge on any atom is 0.0342 e. The van der Waals surface area contributed by atoms with Crippen LogP contribution in [0.15, 0.2) is 36.9 Å². The Morgan fingerprint density at radius 1 is 1.26 bits per heavy atom. The smallest absolute Gasteiger partial charge is 0.0342 e. The van der Waals surface area contributed by atoms with Crippen LogP contribution in [0, 0.1) is 5.41 Å². The Morgan fingerprint density at radius 3 is 2.32 bits per heavy atom. The summed E-state index contributed by atoms with van der Waals surface area (Å²) < 4.78 is 0. The molecule has 0 aromatic heterocycles. The number of hydrogen-bond acceptors (Lipinski definition) is 1. The summed E-state index contributed by atoms with van der Waals surface area (Å²) in [6.07, 6.45) is 5.51. The Bertz CT molecular complexity index is 432. The number of hydrogen-bond donors (Lipinski definition) is 1. The van der Waals surface area contributed by atoms with E-state index in [2.05, 4.69) is 82.9 Å². The molecule has 1 rings (SSSR count). The summed E-state index contributed by atoms with van der Waals surface area (Å²) in [5.41, 5.74) is 3.62. The first-order valence-electron chi connectivity index (χ1n) is 7.07. The lowest BCUT2D eigenvalue weighted by molar-refractivity contribution is 0.547. The molecule has 1 atom stereocenters. The van der Waals surface area contributed by atoms with E-state index in [9.17, 15) is 0 Å². The highest BCUT2D eigenvalue weighted by atomic mass is 14.9. The Hall–Kier alpha value is -1.50. The number of nitrogens with one attached hydrogen (secondary N) is 1. The second-order valence-corrected chi connectivity index (χ2v) is 6.25. The van der Waals surface area contributed by atoms with Crippen molar-refractivity contribution in [2.75, 3.05) is 0 Å². The molecule has 0 amide bonds. The highest BCUT2D eigenvalue weighted by Crippen LogP contribution is 2.18. The van der Waals surface area contributed by atoms with Crippen LogP contribution >= 0.6 is 0 Å². The number of benzene rings is 1. The summed E-state index contributed by atoms with van der Waals surface area (Å²) in [6, 6.07) is 9.00. The third kappa shape index (κ3) is 5.78. The van der Waals surface area contributed by atoms with Gasteiger partial charge in [0.25, 0.3) is 0 Å². The van der Waals surface area contributed by atoms with Crippen molar-refractivity contribution in [2.45, 2.75) is 47.1 Å². The van der Waals surface area contributed by atoms with Crippen molar-refractivity contribution in [2.24, 2.45) is 5.41 Å². The van der Waals surface area contributed by atoms with Crippen molar-refractivity contribution in [3.8, 4) is 0 Å². The molecule has 0 heterocycles. The summed E-state index contributed by atoms with van der Waals surface area (Å²) >= 11 is 0. The molecule has 0 radical (unpaired) electrons. The van der Waals surface area contributed by atoms with Gasteiger partial charge in [0.15, 0.2) is 0 Å². The third-order valence-electron chi connectivity index (χ3n) is 3.07. The van der Waals surface area contributed by atoms with Crippen LogP contribution in [0.4, 0.5) is 0 Å². The first-order valence-corrected chi connectivity index (χ1v) is 7.07. The first kappa shape index (κ1) is 15.6. The topological polar surface area (TPSA) is 12.0 Å². The molecular formula is C18H27N. The highest BCUT2D eigenvalue weighted by Gasteiger charge is 2.04. The molecule has 1 unspecified atom stereocenters. The van der Waals surface area contributed by atoms with Gasteiger partial charge in [-0.05, 0) is 29.9 Å². The van der Waals surface area contributed by atoms with Crippen molar-refractivity contribution >= 4 is 11.8 Å². The second-order valence-electron chi connectivity index (χ2n) is 6.25. The van der Waals surface area contributed by atoms with E-state index in [-0.39, 0.29) is 5.41 Å². The standard InChI is InChI=1S/C18H27N/c1-7-14(2)19-15(3)17-10-8-16(9-11-17)12-13-18(4,5)6/h8-14,19H,3,7H2,1-2,4-6H3/b13-12+. The van der Waals surface area contributed by atoms with Crippen LogP contribution in [0.1, 0.15) is 52.2 Å². The minimum absolute atomic E-state index is 0.223. The summed E-state index contributed by atoms with van der Waals surface area (Å²) in [6.45, 7) is 15.1. The molecular weight excluding hydrogens is 230 g/mol. The lowest BCUT2D eigenvalue weighted by atomic mass is 9.95. The molecule has 104 valence electrons. The fourth-order valence-corrected chi connectivity index (χ4v) is 1.62. The fraction of sp³-hybridized carbons (Fsp3) is 0.444. The first-order chi connectivity index (χ1) is 8.81. The molecule has 0 fully saturated rings. The van der Waals surface area contributed by atoms with Gasteiger partial charge < -0.3 is 5.32 Å². The van der Waals surface area contributed by atoms with Crippen LogP contribution < -0.4 is 5.32 Å². The Morgan fingerprint density at radius 2 is 1.84 bits per heavy atom.